The highest BCUT2D eigenvalue weighted by Gasteiger charge is 2.14. The second-order valence-electron chi connectivity index (χ2n) is 6.17. The van der Waals surface area contributed by atoms with Crippen molar-refractivity contribution in [3.63, 3.8) is 0 Å². The number of hydrogen-bond acceptors (Lipinski definition) is 2. The van der Waals surface area contributed by atoms with E-state index in [1.54, 1.807) is 48.5 Å². The summed E-state index contributed by atoms with van der Waals surface area (Å²) in [7, 11) is 0. The van der Waals surface area contributed by atoms with E-state index in [2.05, 4.69) is 5.32 Å². The third-order valence-electron chi connectivity index (χ3n) is 4.41. The number of carbonyl (C=O) groups is 1. The van der Waals surface area contributed by atoms with Gasteiger partial charge in [0.25, 0.3) is 0 Å². The molecule has 4 nitrogen and oxygen atoms in total. The second-order valence-corrected chi connectivity index (χ2v) is 6.17. The Labute approximate surface area is 158 Å². The molecular weight excluding hydrogens is 362 g/mol. The quantitative estimate of drug-likeness (QED) is 0.534. The summed E-state index contributed by atoms with van der Waals surface area (Å²) in [6.07, 6.45) is 1.38. The molecule has 6 heteroatoms. The van der Waals surface area contributed by atoms with Gasteiger partial charge >= 0.3 is 6.03 Å². The molecule has 0 saturated heterocycles. The molecule has 0 radical (unpaired) electrons. The highest BCUT2D eigenvalue weighted by Crippen LogP contribution is 2.30. The van der Waals surface area contributed by atoms with Crippen LogP contribution in [0.2, 0.25) is 0 Å². The molecular formula is C22H14F2N2O2. The van der Waals surface area contributed by atoms with Crippen molar-refractivity contribution in [1.29, 1.82) is 0 Å². The zero-order valence-corrected chi connectivity index (χ0v) is 14.5. The fourth-order valence-electron chi connectivity index (χ4n) is 3.09. The van der Waals surface area contributed by atoms with Gasteiger partial charge in [0.15, 0.2) is 5.43 Å². The minimum absolute atomic E-state index is 0.0423. The summed E-state index contributed by atoms with van der Waals surface area (Å²) in [5.41, 5.74) is 0.961. The summed E-state index contributed by atoms with van der Waals surface area (Å²) in [4.78, 5) is 24.9. The first-order valence-electron chi connectivity index (χ1n) is 8.51. The molecule has 0 aliphatic heterocycles. The largest absolute Gasteiger partial charge is 0.330 e. The highest BCUT2D eigenvalue weighted by atomic mass is 19.1. The van der Waals surface area contributed by atoms with E-state index >= 15 is 0 Å². The smallest absolute Gasteiger partial charge is 0.307 e. The summed E-state index contributed by atoms with van der Waals surface area (Å²) in [6.45, 7) is 0. The van der Waals surface area contributed by atoms with Crippen LogP contribution in [0.25, 0.3) is 22.0 Å². The number of rotatable bonds is 2. The molecule has 0 aliphatic rings. The molecule has 0 saturated carbocycles. The first kappa shape index (κ1) is 17.6. The Kier molecular flexibility index (Phi) is 4.45. The number of benzene rings is 3. The van der Waals surface area contributed by atoms with Crippen LogP contribution in [-0.4, -0.2) is 10.6 Å². The van der Waals surface area contributed by atoms with Gasteiger partial charge in [-0.2, -0.15) is 0 Å². The van der Waals surface area contributed by atoms with Crippen molar-refractivity contribution in [2.45, 2.75) is 0 Å². The minimum atomic E-state index is -0.600. The molecule has 0 spiro atoms. The lowest BCUT2D eigenvalue weighted by molar-refractivity contribution is 0.254. The number of carbonyl (C=O) groups excluding carboxylic acids is 1. The zero-order chi connectivity index (χ0) is 19.7. The maximum Gasteiger partial charge on any atom is 0.330 e. The molecule has 0 unspecified atom stereocenters. The van der Waals surface area contributed by atoms with Crippen molar-refractivity contribution in [2.75, 3.05) is 5.32 Å². The van der Waals surface area contributed by atoms with E-state index in [0.29, 0.717) is 22.2 Å². The van der Waals surface area contributed by atoms with Gasteiger partial charge in [0.2, 0.25) is 0 Å². The SMILES string of the molecule is O=C(Nc1ccccc1-c1cc(F)ccc1F)n1ccc(=O)c2ccccc21. The lowest BCUT2D eigenvalue weighted by Crippen LogP contribution is -2.22. The molecule has 0 bridgehead atoms. The zero-order valence-electron chi connectivity index (χ0n) is 14.5. The molecule has 1 amide bonds. The van der Waals surface area contributed by atoms with Crippen LogP contribution in [0.3, 0.4) is 0 Å². The van der Waals surface area contributed by atoms with Crippen molar-refractivity contribution in [3.8, 4) is 11.1 Å². The number of amides is 1. The first-order valence-corrected chi connectivity index (χ1v) is 8.51. The van der Waals surface area contributed by atoms with Gasteiger partial charge in [-0.3, -0.25) is 9.36 Å². The molecule has 0 aliphatic carbocycles. The number of halogens is 2. The Morgan fingerprint density at radius 1 is 0.857 bits per heavy atom. The third-order valence-corrected chi connectivity index (χ3v) is 4.41. The number of pyridine rings is 1. The predicted octanol–water partition coefficient (Wildman–Crippen LogP) is 5.03. The third kappa shape index (κ3) is 3.16. The number of nitrogens with zero attached hydrogens (tertiary/aromatic N) is 1. The van der Waals surface area contributed by atoms with Crippen molar-refractivity contribution in [1.82, 2.24) is 4.57 Å². The number of hydrogen-bond donors (Lipinski definition) is 1. The van der Waals surface area contributed by atoms with E-state index < -0.39 is 17.7 Å². The van der Waals surface area contributed by atoms with Gasteiger partial charge in [-0.1, -0.05) is 30.3 Å². The molecule has 138 valence electrons. The molecule has 0 atom stereocenters. The monoisotopic (exact) mass is 376 g/mol. The van der Waals surface area contributed by atoms with E-state index in [1.165, 1.54) is 16.8 Å². The van der Waals surface area contributed by atoms with Gasteiger partial charge in [0.05, 0.1) is 11.2 Å². The van der Waals surface area contributed by atoms with E-state index in [9.17, 15) is 18.4 Å². The highest BCUT2D eigenvalue weighted by molar-refractivity contribution is 6.00. The van der Waals surface area contributed by atoms with Gasteiger partial charge in [-0.05, 0) is 36.4 Å². The van der Waals surface area contributed by atoms with Gasteiger partial charge in [-0.15, -0.1) is 0 Å². The number of anilines is 1. The summed E-state index contributed by atoms with van der Waals surface area (Å²) in [5, 5.41) is 3.12. The van der Waals surface area contributed by atoms with E-state index in [4.69, 9.17) is 0 Å². The van der Waals surface area contributed by atoms with Crippen LogP contribution in [0, 0.1) is 11.6 Å². The lowest BCUT2D eigenvalue weighted by Gasteiger charge is -2.14. The maximum atomic E-state index is 14.2. The Balaban J connectivity index is 1.77. The average Bonchev–Trinajstić information content (AvgIpc) is 2.71. The Hall–Kier alpha value is -3.80. The Bertz CT molecular complexity index is 1260. The van der Waals surface area contributed by atoms with E-state index in [-0.39, 0.29) is 11.0 Å². The molecule has 4 rings (SSSR count). The van der Waals surface area contributed by atoms with Crippen LogP contribution in [0.5, 0.6) is 0 Å². The number of para-hydroxylation sites is 2. The fourth-order valence-corrected chi connectivity index (χ4v) is 3.09. The standard InChI is InChI=1S/C22H14F2N2O2/c23-14-9-10-18(24)17(13-14)15-5-1-3-7-19(15)25-22(28)26-12-11-21(27)16-6-2-4-8-20(16)26/h1-13H,(H,25,28). The van der Waals surface area contributed by atoms with E-state index in [0.717, 1.165) is 18.2 Å². The van der Waals surface area contributed by atoms with Crippen LogP contribution in [0.1, 0.15) is 0 Å². The molecule has 1 heterocycles. The molecule has 1 aromatic heterocycles. The molecule has 1 N–H and O–H groups in total. The van der Waals surface area contributed by atoms with Gasteiger partial charge in [-0.25, -0.2) is 13.6 Å². The van der Waals surface area contributed by atoms with Crippen LogP contribution < -0.4 is 10.7 Å². The van der Waals surface area contributed by atoms with Crippen molar-refractivity contribution in [3.05, 3.63) is 101 Å². The topological polar surface area (TPSA) is 51.1 Å². The maximum absolute atomic E-state index is 14.2. The summed E-state index contributed by atoms with van der Waals surface area (Å²) in [6, 6.07) is 17.2. The predicted molar refractivity (Wildman–Crippen MR) is 104 cm³/mol. The van der Waals surface area contributed by atoms with Gasteiger partial charge < -0.3 is 5.32 Å². The Morgan fingerprint density at radius 3 is 2.46 bits per heavy atom. The van der Waals surface area contributed by atoms with Crippen LogP contribution >= 0.6 is 0 Å². The number of fused-ring (bicyclic) bond motifs is 1. The molecule has 3 aromatic carbocycles. The number of nitrogens with one attached hydrogen (secondary N) is 1. The van der Waals surface area contributed by atoms with Gasteiger partial charge in [0, 0.05) is 28.8 Å². The molecule has 28 heavy (non-hydrogen) atoms. The summed E-state index contributed by atoms with van der Waals surface area (Å²) in [5.74, 6) is -1.18. The van der Waals surface area contributed by atoms with Crippen molar-refractivity contribution in [2.24, 2.45) is 0 Å². The lowest BCUT2D eigenvalue weighted by atomic mass is 10.0. The van der Waals surface area contributed by atoms with Crippen LogP contribution in [-0.2, 0) is 0 Å². The van der Waals surface area contributed by atoms with Crippen molar-refractivity contribution >= 4 is 22.6 Å². The van der Waals surface area contributed by atoms with Gasteiger partial charge in [0.1, 0.15) is 11.6 Å². The normalized spacial score (nSPS) is 10.8. The number of aromatic nitrogens is 1. The molecule has 0 fully saturated rings. The summed E-state index contributed by atoms with van der Waals surface area (Å²) >= 11 is 0. The van der Waals surface area contributed by atoms with Crippen LogP contribution in [0.4, 0.5) is 19.3 Å². The first-order chi connectivity index (χ1) is 13.5. The van der Waals surface area contributed by atoms with E-state index in [1.807, 2.05) is 0 Å². The second kappa shape index (κ2) is 7.08. The molecule has 4 aromatic rings. The Morgan fingerprint density at radius 2 is 1.61 bits per heavy atom. The van der Waals surface area contributed by atoms with Crippen molar-refractivity contribution < 1.29 is 13.6 Å². The summed E-state index contributed by atoms with van der Waals surface area (Å²) < 4.78 is 29.1. The fraction of sp³-hybridized carbons (Fsp3) is 0. The average molecular weight is 376 g/mol. The van der Waals surface area contributed by atoms with Crippen LogP contribution in [0.15, 0.2) is 83.8 Å². The minimum Gasteiger partial charge on any atom is -0.307 e.